The molecule has 3 heterocycles. The Morgan fingerprint density at radius 1 is 1.31 bits per heavy atom. The third-order valence-electron chi connectivity index (χ3n) is 2.21. The van der Waals surface area contributed by atoms with Gasteiger partial charge in [-0.05, 0) is 6.92 Å². The average molecular weight is 217 g/mol. The van der Waals surface area contributed by atoms with E-state index in [2.05, 4.69) is 30.0 Å². The molecule has 0 bridgehead atoms. The minimum absolute atomic E-state index is 0.413. The normalized spacial score (nSPS) is 11.1. The molecule has 0 amide bonds. The standard InChI is InChI=1S/C8H7N7O/c1-4-13-8(16)14-15(4)7-5-6(10-2-9-5)11-3-12-7/h2-3H,1H3,(H,14,16)(H,9,10,11,12). The Labute approximate surface area is 88.4 Å². The van der Waals surface area contributed by atoms with Crippen molar-refractivity contribution in [2.75, 3.05) is 0 Å². The fourth-order valence-corrected chi connectivity index (χ4v) is 1.53. The van der Waals surface area contributed by atoms with Gasteiger partial charge in [0.25, 0.3) is 0 Å². The van der Waals surface area contributed by atoms with Crippen LogP contribution in [0.5, 0.6) is 0 Å². The molecule has 0 aliphatic carbocycles. The van der Waals surface area contributed by atoms with Crippen molar-refractivity contribution in [1.29, 1.82) is 0 Å². The Hall–Kier alpha value is -2.51. The third kappa shape index (κ3) is 1.13. The monoisotopic (exact) mass is 217 g/mol. The molecule has 0 saturated heterocycles. The molecule has 0 radical (unpaired) electrons. The number of fused-ring (bicyclic) bond motifs is 1. The summed E-state index contributed by atoms with van der Waals surface area (Å²) in [4.78, 5) is 29.8. The number of hydrogen-bond acceptors (Lipinski definition) is 5. The van der Waals surface area contributed by atoms with Gasteiger partial charge in [0.2, 0.25) is 0 Å². The number of nitrogens with one attached hydrogen (secondary N) is 2. The summed E-state index contributed by atoms with van der Waals surface area (Å²) in [7, 11) is 0. The number of hydrogen-bond donors (Lipinski definition) is 2. The molecule has 8 heteroatoms. The van der Waals surface area contributed by atoms with Crippen molar-refractivity contribution < 1.29 is 0 Å². The first-order chi connectivity index (χ1) is 7.75. The lowest BCUT2D eigenvalue weighted by Gasteiger charge is -2.02. The molecule has 16 heavy (non-hydrogen) atoms. The zero-order chi connectivity index (χ0) is 11.1. The van der Waals surface area contributed by atoms with Crippen molar-refractivity contribution in [3.05, 3.63) is 29.0 Å². The molecule has 0 aromatic carbocycles. The molecule has 3 aromatic rings. The molecule has 0 fully saturated rings. The molecule has 0 aliphatic heterocycles. The lowest BCUT2D eigenvalue weighted by atomic mass is 10.5. The number of H-pyrrole nitrogens is 2. The van der Waals surface area contributed by atoms with E-state index < -0.39 is 5.69 Å². The summed E-state index contributed by atoms with van der Waals surface area (Å²) in [5.74, 6) is 1.05. The summed E-state index contributed by atoms with van der Waals surface area (Å²) in [6.45, 7) is 1.71. The number of aromatic amines is 2. The van der Waals surface area contributed by atoms with Crippen molar-refractivity contribution in [3.8, 4) is 5.82 Å². The minimum atomic E-state index is -0.413. The summed E-state index contributed by atoms with van der Waals surface area (Å²) < 4.78 is 1.49. The van der Waals surface area contributed by atoms with Crippen molar-refractivity contribution in [2.45, 2.75) is 6.92 Å². The lowest BCUT2D eigenvalue weighted by molar-refractivity contribution is 0.806. The fourth-order valence-electron chi connectivity index (χ4n) is 1.53. The van der Waals surface area contributed by atoms with E-state index in [9.17, 15) is 4.79 Å². The number of imidazole rings is 1. The molecule has 0 atom stereocenters. The van der Waals surface area contributed by atoms with Crippen LogP contribution in [0.15, 0.2) is 17.4 Å². The van der Waals surface area contributed by atoms with E-state index in [1.807, 2.05) is 0 Å². The Bertz CT molecular complexity index is 706. The lowest BCUT2D eigenvalue weighted by Crippen LogP contribution is -2.07. The van der Waals surface area contributed by atoms with Gasteiger partial charge < -0.3 is 4.98 Å². The highest BCUT2D eigenvalue weighted by atomic mass is 16.1. The van der Waals surface area contributed by atoms with Crippen LogP contribution in [-0.4, -0.2) is 34.7 Å². The van der Waals surface area contributed by atoms with E-state index in [1.54, 1.807) is 6.92 Å². The Kier molecular flexibility index (Phi) is 1.64. The molecular formula is C8H7N7O. The van der Waals surface area contributed by atoms with Crippen molar-refractivity contribution in [2.24, 2.45) is 0 Å². The first-order valence-electron chi connectivity index (χ1n) is 4.56. The predicted octanol–water partition coefficient (Wildman–Crippen LogP) is -0.465. The smallest absolute Gasteiger partial charge is 0.340 e. The first-order valence-corrected chi connectivity index (χ1v) is 4.56. The number of nitrogens with zero attached hydrogens (tertiary/aromatic N) is 5. The summed E-state index contributed by atoms with van der Waals surface area (Å²) in [5.41, 5.74) is 0.780. The van der Waals surface area contributed by atoms with E-state index in [1.165, 1.54) is 17.3 Å². The van der Waals surface area contributed by atoms with Gasteiger partial charge >= 0.3 is 5.69 Å². The van der Waals surface area contributed by atoms with E-state index in [-0.39, 0.29) is 0 Å². The second-order valence-electron chi connectivity index (χ2n) is 3.21. The maximum absolute atomic E-state index is 11.1. The molecular weight excluding hydrogens is 210 g/mol. The van der Waals surface area contributed by atoms with Crippen molar-refractivity contribution in [3.63, 3.8) is 0 Å². The Morgan fingerprint density at radius 2 is 2.19 bits per heavy atom. The zero-order valence-corrected chi connectivity index (χ0v) is 8.30. The van der Waals surface area contributed by atoms with E-state index in [0.717, 1.165) is 0 Å². The molecule has 0 unspecified atom stereocenters. The van der Waals surface area contributed by atoms with Crippen LogP contribution in [0.3, 0.4) is 0 Å². The minimum Gasteiger partial charge on any atom is -0.340 e. The molecule has 8 nitrogen and oxygen atoms in total. The number of rotatable bonds is 1. The molecule has 80 valence electrons. The number of aryl methyl sites for hydroxylation is 1. The predicted molar refractivity (Wildman–Crippen MR) is 54.2 cm³/mol. The van der Waals surface area contributed by atoms with E-state index in [4.69, 9.17) is 0 Å². The highest BCUT2D eigenvalue weighted by molar-refractivity contribution is 5.77. The zero-order valence-electron chi connectivity index (χ0n) is 8.30. The molecule has 0 aliphatic rings. The summed E-state index contributed by atoms with van der Waals surface area (Å²) in [5, 5.41) is 2.55. The van der Waals surface area contributed by atoms with Gasteiger partial charge in [-0.3, -0.25) is 0 Å². The topological polar surface area (TPSA) is 105 Å². The van der Waals surface area contributed by atoms with Crippen LogP contribution < -0.4 is 5.69 Å². The average Bonchev–Trinajstić information content (AvgIpc) is 2.84. The largest absolute Gasteiger partial charge is 0.361 e. The molecule has 3 rings (SSSR count). The molecule has 0 spiro atoms. The third-order valence-corrected chi connectivity index (χ3v) is 2.21. The maximum atomic E-state index is 11.1. The SMILES string of the molecule is Cc1nc(=O)[nH]n1-c1ncnc2nc[nH]c12. The van der Waals surface area contributed by atoms with Crippen LogP contribution in [0, 0.1) is 6.92 Å². The van der Waals surface area contributed by atoms with Crippen LogP contribution in [0.25, 0.3) is 17.0 Å². The van der Waals surface area contributed by atoms with Crippen LogP contribution in [0.4, 0.5) is 0 Å². The number of aromatic nitrogens is 7. The van der Waals surface area contributed by atoms with Gasteiger partial charge in [-0.15, -0.1) is 0 Å². The second-order valence-corrected chi connectivity index (χ2v) is 3.21. The maximum Gasteiger partial charge on any atom is 0.361 e. The van der Waals surface area contributed by atoms with Gasteiger partial charge in [-0.1, -0.05) is 0 Å². The van der Waals surface area contributed by atoms with Gasteiger partial charge in [-0.2, -0.15) is 4.98 Å². The van der Waals surface area contributed by atoms with Gasteiger partial charge in [0.1, 0.15) is 17.7 Å². The first kappa shape index (κ1) is 8.77. The van der Waals surface area contributed by atoms with Crippen LogP contribution >= 0.6 is 0 Å². The fraction of sp³-hybridized carbons (Fsp3) is 0.125. The van der Waals surface area contributed by atoms with Crippen molar-refractivity contribution in [1.82, 2.24) is 34.7 Å². The summed E-state index contributed by atoms with van der Waals surface area (Å²) >= 11 is 0. The van der Waals surface area contributed by atoms with Crippen molar-refractivity contribution >= 4 is 11.2 Å². The van der Waals surface area contributed by atoms with Gasteiger partial charge in [0.15, 0.2) is 11.5 Å². The summed E-state index contributed by atoms with van der Waals surface area (Å²) in [6, 6.07) is 0. The van der Waals surface area contributed by atoms with Gasteiger partial charge in [-0.25, -0.2) is 29.5 Å². The van der Waals surface area contributed by atoms with Crippen LogP contribution in [0.2, 0.25) is 0 Å². The van der Waals surface area contributed by atoms with Crippen LogP contribution in [-0.2, 0) is 0 Å². The van der Waals surface area contributed by atoms with Crippen LogP contribution in [0.1, 0.15) is 5.82 Å². The summed E-state index contributed by atoms with van der Waals surface area (Å²) in [6.07, 6.45) is 2.91. The Morgan fingerprint density at radius 3 is 2.94 bits per heavy atom. The highest BCUT2D eigenvalue weighted by Gasteiger charge is 2.11. The van der Waals surface area contributed by atoms with E-state index >= 15 is 0 Å². The quantitative estimate of drug-likeness (QED) is 0.573. The van der Waals surface area contributed by atoms with Gasteiger partial charge in [0, 0.05) is 0 Å². The highest BCUT2D eigenvalue weighted by Crippen LogP contribution is 2.13. The Balaban J connectivity index is 2.37. The molecule has 3 aromatic heterocycles. The van der Waals surface area contributed by atoms with E-state index in [0.29, 0.717) is 22.8 Å². The molecule has 2 N–H and O–H groups in total. The molecule has 0 saturated carbocycles. The second kappa shape index (κ2) is 2.99. The van der Waals surface area contributed by atoms with Gasteiger partial charge in [0.05, 0.1) is 6.33 Å².